The van der Waals surface area contributed by atoms with Crippen LogP contribution in [0, 0.1) is 10.8 Å². The highest BCUT2D eigenvalue weighted by Gasteiger charge is 2.50. The number of fused-ring (bicyclic) bond motifs is 2. The van der Waals surface area contributed by atoms with Crippen molar-refractivity contribution in [2.24, 2.45) is 10.8 Å². The Morgan fingerprint density at radius 3 is 2.68 bits per heavy atom. The Hall–Kier alpha value is -1.89. The molecule has 1 saturated heterocycles. The number of aromatic nitrogens is 4. The quantitative estimate of drug-likeness (QED) is 0.714. The topological polar surface area (TPSA) is 63.9 Å². The van der Waals surface area contributed by atoms with E-state index >= 15 is 0 Å². The standard InChI is InChI=1S/C21H29N5OS/c1-5-25-18(15-6-8-22-9-7-15)23-24-19(25)28-12-17(27)26-14-21(4)11-16(26)10-20(2,3)13-21/h6-9,16H,5,10-14H2,1-4H3/t16-,21-/m0/s1. The maximum atomic E-state index is 13.0. The lowest BCUT2D eigenvalue weighted by Crippen LogP contribution is -2.38. The van der Waals surface area contributed by atoms with Gasteiger partial charge in [-0.05, 0) is 49.1 Å². The predicted molar refractivity (Wildman–Crippen MR) is 111 cm³/mol. The summed E-state index contributed by atoms with van der Waals surface area (Å²) in [5.41, 5.74) is 1.58. The number of nitrogens with zero attached hydrogens (tertiary/aromatic N) is 5. The van der Waals surface area contributed by atoms with E-state index in [-0.39, 0.29) is 11.3 Å². The van der Waals surface area contributed by atoms with Crippen LogP contribution in [0.25, 0.3) is 11.4 Å². The summed E-state index contributed by atoms with van der Waals surface area (Å²) in [6.45, 7) is 10.8. The number of carbonyl (C=O) groups excluding carboxylic acids is 1. The number of amides is 1. The third-order valence-electron chi connectivity index (χ3n) is 6.03. The minimum Gasteiger partial charge on any atom is -0.338 e. The minimum absolute atomic E-state index is 0.229. The highest BCUT2D eigenvalue weighted by atomic mass is 32.2. The third-order valence-corrected chi connectivity index (χ3v) is 6.98. The van der Waals surface area contributed by atoms with Crippen molar-refractivity contribution in [3.63, 3.8) is 0 Å². The smallest absolute Gasteiger partial charge is 0.233 e. The monoisotopic (exact) mass is 399 g/mol. The molecule has 0 radical (unpaired) electrons. The number of hydrogen-bond donors (Lipinski definition) is 0. The Bertz CT molecular complexity index is 865. The van der Waals surface area contributed by atoms with Gasteiger partial charge in [-0.1, -0.05) is 32.5 Å². The van der Waals surface area contributed by atoms with Crippen molar-refractivity contribution in [2.75, 3.05) is 12.3 Å². The molecule has 6 nitrogen and oxygen atoms in total. The van der Waals surface area contributed by atoms with E-state index in [1.807, 2.05) is 12.1 Å². The van der Waals surface area contributed by atoms with Gasteiger partial charge in [0.2, 0.25) is 5.91 Å². The Labute approximate surface area is 171 Å². The van der Waals surface area contributed by atoms with E-state index in [0.717, 1.165) is 42.5 Å². The fraction of sp³-hybridized carbons (Fsp3) is 0.619. The molecule has 3 heterocycles. The van der Waals surface area contributed by atoms with E-state index in [4.69, 9.17) is 0 Å². The molecule has 0 aromatic carbocycles. The predicted octanol–water partition coefficient (Wildman–Crippen LogP) is 3.88. The van der Waals surface area contributed by atoms with Crippen LogP contribution in [0.15, 0.2) is 29.7 Å². The van der Waals surface area contributed by atoms with Crippen LogP contribution in [0.2, 0.25) is 0 Å². The normalized spacial score (nSPS) is 25.9. The first-order valence-electron chi connectivity index (χ1n) is 10.1. The molecule has 0 spiro atoms. The lowest BCUT2D eigenvalue weighted by molar-refractivity contribution is -0.129. The molecule has 4 rings (SSSR count). The van der Waals surface area contributed by atoms with E-state index in [1.165, 1.54) is 18.2 Å². The van der Waals surface area contributed by atoms with Crippen LogP contribution in [-0.4, -0.2) is 48.9 Å². The molecule has 2 fully saturated rings. The summed E-state index contributed by atoms with van der Waals surface area (Å²) >= 11 is 1.50. The maximum Gasteiger partial charge on any atom is 0.233 e. The van der Waals surface area contributed by atoms with Crippen LogP contribution in [0.1, 0.15) is 47.0 Å². The first kappa shape index (κ1) is 19.4. The number of hydrogen-bond acceptors (Lipinski definition) is 5. The molecule has 0 unspecified atom stereocenters. The molecule has 0 N–H and O–H groups in total. The second kappa shape index (κ2) is 7.17. The second-order valence-corrected chi connectivity index (χ2v) is 10.3. The molecule has 1 amide bonds. The Morgan fingerprint density at radius 2 is 1.96 bits per heavy atom. The lowest BCUT2D eigenvalue weighted by atomic mass is 9.65. The van der Waals surface area contributed by atoms with Crippen molar-refractivity contribution in [3.8, 4) is 11.4 Å². The zero-order valence-corrected chi connectivity index (χ0v) is 18.0. The Morgan fingerprint density at radius 1 is 1.21 bits per heavy atom. The fourth-order valence-electron chi connectivity index (χ4n) is 5.36. The molecule has 28 heavy (non-hydrogen) atoms. The number of thioether (sulfide) groups is 1. The molecule has 1 saturated carbocycles. The lowest BCUT2D eigenvalue weighted by Gasteiger charge is -2.39. The largest absolute Gasteiger partial charge is 0.338 e. The van der Waals surface area contributed by atoms with Gasteiger partial charge in [0.25, 0.3) is 0 Å². The van der Waals surface area contributed by atoms with E-state index in [1.54, 1.807) is 12.4 Å². The van der Waals surface area contributed by atoms with Gasteiger partial charge in [-0.2, -0.15) is 0 Å². The maximum absolute atomic E-state index is 13.0. The summed E-state index contributed by atoms with van der Waals surface area (Å²) in [5, 5.41) is 9.51. The van der Waals surface area contributed by atoms with Crippen molar-refractivity contribution in [2.45, 2.75) is 64.7 Å². The van der Waals surface area contributed by atoms with Gasteiger partial charge >= 0.3 is 0 Å². The first-order valence-corrected chi connectivity index (χ1v) is 11.0. The molecule has 2 aliphatic rings. The van der Waals surface area contributed by atoms with Gasteiger partial charge in [0, 0.05) is 37.1 Å². The van der Waals surface area contributed by atoms with Crippen molar-refractivity contribution in [1.29, 1.82) is 0 Å². The van der Waals surface area contributed by atoms with Gasteiger partial charge in [0.05, 0.1) is 5.75 Å². The highest BCUT2D eigenvalue weighted by Crippen LogP contribution is 2.52. The molecule has 2 atom stereocenters. The van der Waals surface area contributed by atoms with Gasteiger partial charge in [-0.3, -0.25) is 9.78 Å². The van der Waals surface area contributed by atoms with Gasteiger partial charge < -0.3 is 9.47 Å². The SMILES string of the molecule is CCn1c(SCC(=O)N2C[C@@]3(C)C[C@@H]2CC(C)(C)C3)nnc1-c1ccncc1. The van der Waals surface area contributed by atoms with Crippen LogP contribution in [0.3, 0.4) is 0 Å². The molecule has 2 aromatic rings. The Balaban J connectivity index is 1.46. The van der Waals surface area contributed by atoms with Crippen molar-refractivity contribution in [1.82, 2.24) is 24.6 Å². The summed E-state index contributed by atoms with van der Waals surface area (Å²) in [6.07, 6.45) is 6.97. The van der Waals surface area contributed by atoms with Crippen molar-refractivity contribution in [3.05, 3.63) is 24.5 Å². The fourth-order valence-corrected chi connectivity index (χ4v) is 6.24. The Kier molecular flexibility index (Phi) is 4.98. The van der Waals surface area contributed by atoms with Crippen LogP contribution < -0.4 is 0 Å². The zero-order valence-electron chi connectivity index (χ0n) is 17.2. The molecule has 2 aromatic heterocycles. The summed E-state index contributed by atoms with van der Waals surface area (Å²) in [6, 6.07) is 4.25. The zero-order chi connectivity index (χ0) is 19.9. The molecule has 7 heteroatoms. The molecule has 1 aliphatic carbocycles. The van der Waals surface area contributed by atoms with Crippen LogP contribution in [0.4, 0.5) is 0 Å². The van der Waals surface area contributed by atoms with E-state index in [0.29, 0.717) is 17.2 Å². The minimum atomic E-state index is 0.229. The van der Waals surface area contributed by atoms with Gasteiger partial charge in [-0.15, -0.1) is 10.2 Å². The number of carbonyl (C=O) groups is 1. The number of rotatable bonds is 5. The molecular weight excluding hydrogens is 370 g/mol. The third kappa shape index (κ3) is 3.69. The molecule has 2 bridgehead atoms. The summed E-state index contributed by atoms with van der Waals surface area (Å²) in [7, 11) is 0. The number of pyridine rings is 1. The van der Waals surface area contributed by atoms with Crippen LogP contribution in [-0.2, 0) is 11.3 Å². The highest BCUT2D eigenvalue weighted by molar-refractivity contribution is 7.99. The van der Waals surface area contributed by atoms with Crippen molar-refractivity contribution < 1.29 is 4.79 Å². The summed E-state index contributed by atoms with van der Waals surface area (Å²) < 4.78 is 2.07. The average molecular weight is 400 g/mol. The van der Waals surface area contributed by atoms with Gasteiger partial charge in [-0.25, -0.2) is 0 Å². The van der Waals surface area contributed by atoms with E-state index in [2.05, 4.69) is 52.3 Å². The molecule has 1 aliphatic heterocycles. The van der Waals surface area contributed by atoms with E-state index < -0.39 is 0 Å². The van der Waals surface area contributed by atoms with Crippen molar-refractivity contribution >= 4 is 17.7 Å². The summed E-state index contributed by atoms with van der Waals surface area (Å²) in [5.74, 6) is 1.47. The molecular formula is C21H29N5OS. The first-order chi connectivity index (χ1) is 13.3. The van der Waals surface area contributed by atoms with E-state index in [9.17, 15) is 4.79 Å². The van der Waals surface area contributed by atoms with Gasteiger partial charge in [0.1, 0.15) is 0 Å². The second-order valence-electron chi connectivity index (χ2n) is 9.31. The summed E-state index contributed by atoms with van der Waals surface area (Å²) in [4.78, 5) is 19.2. The molecule has 150 valence electrons. The average Bonchev–Trinajstić information content (AvgIpc) is 3.17. The number of likely N-dealkylation sites (tertiary alicyclic amines) is 1. The van der Waals surface area contributed by atoms with Crippen LogP contribution >= 0.6 is 11.8 Å². The van der Waals surface area contributed by atoms with Gasteiger partial charge in [0.15, 0.2) is 11.0 Å². The van der Waals surface area contributed by atoms with Crippen LogP contribution in [0.5, 0.6) is 0 Å².